The highest BCUT2D eigenvalue weighted by molar-refractivity contribution is 7.90. The number of nitrogens with one attached hydrogen (secondary N) is 3. The molecule has 1 aromatic carbocycles. The summed E-state index contributed by atoms with van der Waals surface area (Å²) in [4.78, 5) is 50.0. The summed E-state index contributed by atoms with van der Waals surface area (Å²) in [5, 5.41) is 13.5. The van der Waals surface area contributed by atoms with E-state index in [0.717, 1.165) is 31.0 Å². The minimum absolute atomic E-state index is 0.0104. The summed E-state index contributed by atoms with van der Waals surface area (Å²) in [7, 11) is -4.16. The van der Waals surface area contributed by atoms with Gasteiger partial charge < -0.3 is 15.7 Å². The Kier molecular flexibility index (Phi) is 10.3. The number of carbonyl (C=O) groups is 4. The van der Waals surface area contributed by atoms with E-state index in [1.165, 1.54) is 24.3 Å². The van der Waals surface area contributed by atoms with Crippen molar-refractivity contribution in [3.05, 3.63) is 59.4 Å². The van der Waals surface area contributed by atoms with E-state index in [1.807, 2.05) is 4.72 Å². The van der Waals surface area contributed by atoms with Gasteiger partial charge in [-0.3, -0.25) is 24.2 Å². The maximum atomic E-state index is 12.6. The van der Waals surface area contributed by atoms with E-state index in [-0.39, 0.29) is 22.1 Å². The Morgan fingerprint density at radius 1 is 0.943 bits per heavy atom. The lowest BCUT2D eigenvalue weighted by Gasteiger charge is -2.09. The van der Waals surface area contributed by atoms with Crippen LogP contribution < -0.4 is 15.4 Å². The average Bonchev–Trinajstić information content (AvgIpc) is 2.83. The molecule has 2 aromatic rings. The fourth-order valence-corrected chi connectivity index (χ4v) is 3.93. The number of amides is 3. The molecule has 4 N–H and O–H groups in total. The molecule has 35 heavy (non-hydrogen) atoms. The third-order valence-corrected chi connectivity index (χ3v) is 6.21. The summed E-state index contributed by atoms with van der Waals surface area (Å²) < 4.78 is 27.0. The van der Waals surface area contributed by atoms with Crippen LogP contribution in [0.1, 0.15) is 59.0 Å². The zero-order chi connectivity index (χ0) is 25.8. The molecule has 0 atom stereocenters. The Balaban J connectivity index is 1.90. The zero-order valence-electron chi connectivity index (χ0n) is 19.2. The Bertz CT molecular complexity index is 1150. The van der Waals surface area contributed by atoms with Crippen molar-refractivity contribution in [1.29, 1.82) is 0 Å². The van der Waals surface area contributed by atoms with Gasteiger partial charge in [-0.25, -0.2) is 13.1 Å². The molecule has 1 heterocycles. The fraction of sp³-hybridized carbons (Fsp3) is 0.348. The van der Waals surface area contributed by atoms with Gasteiger partial charge in [0.25, 0.3) is 21.8 Å². The highest BCUT2D eigenvalue weighted by Gasteiger charge is 2.19. The molecule has 0 aliphatic heterocycles. The van der Waals surface area contributed by atoms with Gasteiger partial charge in [0.05, 0.1) is 10.5 Å². The molecule has 0 bridgehead atoms. The van der Waals surface area contributed by atoms with Gasteiger partial charge in [-0.05, 0) is 42.7 Å². The standard InChI is InChI=1S/C23H28N4O7S/c1-2-3-4-5-20(28)24-13-12-16-6-9-18(10-7-16)35(33,34)27-22(31)17-8-11-19(25-14-17)23(32)26-15-21(29)30/h6-11,14H,2-5,12-13,15H2,1H3,(H,24,28)(H,26,32)(H,27,31)(H,29,30). The number of carboxylic acids is 1. The van der Waals surface area contributed by atoms with Crippen LogP contribution >= 0.6 is 0 Å². The molecule has 0 aliphatic rings. The number of hydrogen-bond donors (Lipinski definition) is 4. The average molecular weight is 505 g/mol. The molecule has 188 valence electrons. The first-order valence-electron chi connectivity index (χ1n) is 11.0. The number of sulfonamides is 1. The van der Waals surface area contributed by atoms with Crippen LogP contribution in [0.2, 0.25) is 0 Å². The van der Waals surface area contributed by atoms with Gasteiger partial charge in [-0.15, -0.1) is 0 Å². The monoisotopic (exact) mass is 504 g/mol. The highest BCUT2D eigenvalue weighted by Crippen LogP contribution is 2.12. The van der Waals surface area contributed by atoms with Crippen LogP contribution in [-0.4, -0.2) is 55.3 Å². The summed E-state index contributed by atoms with van der Waals surface area (Å²) in [6.07, 6.45) is 4.93. The summed E-state index contributed by atoms with van der Waals surface area (Å²) in [6.45, 7) is 1.91. The van der Waals surface area contributed by atoms with Crippen LogP contribution in [0.5, 0.6) is 0 Å². The summed E-state index contributed by atoms with van der Waals surface area (Å²) >= 11 is 0. The van der Waals surface area contributed by atoms with Crippen molar-refractivity contribution < 1.29 is 32.7 Å². The van der Waals surface area contributed by atoms with Gasteiger partial charge >= 0.3 is 5.97 Å². The molecule has 0 aliphatic carbocycles. The molecule has 3 amide bonds. The zero-order valence-corrected chi connectivity index (χ0v) is 20.1. The van der Waals surface area contributed by atoms with Crippen LogP contribution in [0.25, 0.3) is 0 Å². The number of rotatable bonds is 13. The quantitative estimate of drug-likeness (QED) is 0.295. The maximum Gasteiger partial charge on any atom is 0.322 e. The molecule has 0 fully saturated rings. The van der Waals surface area contributed by atoms with E-state index in [2.05, 4.69) is 22.5 Å². The van der Waals surface area contributed by atoms with Gasteiger partial charge in [0.2, 0.25) is 5.91 Å². The van der Waals surface area contributed by atoms with Crippen LogP contribution in [0, 0.1) is 0 Å². The third kappa shape index (κ3) is 9.16. The van der Waals surface area contributed by atoms with Crippen LogP contribution in [0.15, 0.2) is 47.5 Å². The fourth-order valence-electron chi connectivity index (χ4n) is 2.95. The Hall–Kier alpha value is -3.80. The van der Waals surface area contributed by atoms with Crippen molar-refractivity contribution in [3.63, 3.8) is 0 Å². The van der Waals surface area contributed by atoms with Gasteiger partial charge in [0, 0.05) is 19.2 Å². The van der Waals surface area contributed by atoms with Gasteiger partial charge in [0.15, 0.2) is 0 Å². The van der Waals surface area contributed by atoms with Crippen molar-refractivity contribution in [1.82, 2.24) is 20.3 Å². The first kappa shape index (κ1) is 27.4. The summed E-state index contributed by atoms with van der Waals surface area (Å²) in [5.41, 5.74) is 0.596. The molecule has 11 nitrogen and oxygen atoms in total. The van der Waals surface area contributed by atoms with E-state index in [0.29, 0.717) is 19.4 Å². The summed E-state index contributed by atoms with van der Waals surface area (Å²) in [5.74, 6) is -2.92. The number of benzene rings is 1. The molecule has 0 spiro atoms. The number of aliphatic carboxylic acids is 1. The maximum absolute atomic E-state index is 12.6. The van der Waals surface area contributed by atoms with Crippen molar-refractivity contribution in [2.24, 2.45) is 0 Å². The topological polar surface area (TPSA) is 172 Å². The first-order valence-corrected chi connectivity index (χ1v) is 12.5. The Morgan fingerprint density at radius 3 is 2.26 bits per heavy atom. The number of unbranched alkanes of at least 4 members (excludes halogenated alkanes) is 2. The van der Waals surface area contributed by atoms with Gasteiger partial charge in [0.1, 0.15) is 12.2 Å². The first-order chi connectivity index (χ1) is 16.6. The molecule has 1 aromatic heterocycles. The molecular weight excluding hydrogens is 476 g/mol. The van der Waals surface area contributed by atoms with Gasteiger partial charge in [-0.2, -0.15) is 0 Å². The molecule has 0 radical (unpaired) electrons. The van der Waals surface area contributed by atoms with Crippen molar-refractivity contribution in [2.75, 3.05) is 13.1 Å². The lowest BCUT2D eigenvalue weighted by atomic mass is 10.1. The third-order valence-electron chi connectivity index (χ3n) is 4.86. The number of aromatic nitrogens is 1. The van der Waals surface area contributed by atoms with E-state index in [1.54, 1.807) is 12.1 Å². The normalized spacial score (nSPS) is 10.9. The number of pyridine rings is 1. The SMILES string of the molecule is CCCCCC(=O)NCCc1ccc(S(=O)(=O)NC(=O)c2ccc(C(=O)NCC(=O)O)nc2)cc1. The molecule has 0 saturated carbocycles. The van der Waals surface area contributed by atoms with Crippen molar-refractivity contribution in [2.45, 2.75) is 43.9 Å². The van der Waals surface area contributed by atoms with Crippen LogP contribution in [0.4, 0.5) is 0 Å². The minimum atomic E-state index is -4.16. The number of hydrogen-bond acceptors (Lipinski definition) is 7. The Morgan fingerprint density at radius 2 is 1.66 bits per heavy atom. The molecule has 0 saturated heterocycles. The van der Waals surface area contributed by atoms with E-state index >= 15 is 0 Å². The van der Waals surface area contributed by atoms with E-state index < -0.39 is 34.4 Å². The number of carboxylic acid groups (broad SMARTS) is 1. The smallest absolute Gasteiger partial charge is 0.322 e. The molecule has 0 unspecified atom stereocenters. The second-order valence-corrected chi connectivity index (χ2v) is 9.33. The number of nitrogens with zero attached hydrogens (tertiary/aromatic N) is 1. The van der Waals surface area contributed by atoms with Crippen molar-refractivity contribution in [3.8, 4) is 0 Å². The lowest BCUT2D eigenvalue weighted by molar-refractivity contribution is -0.135. The predicted molar refractivity (Wildman–Crippen MR) is 126 cm³/mol. The van der Waals surface area contributed by atoms with Crippen LogP contribution in [0.3, 0.4) is 0 Å². The minimum Gasteiger partial charge on any atom is -0.480 e. The second kappa shape index (κ2) is 13.2. The lowest BCUT2D eigenvalue weighted by Crippen LogP contribution is -2.31. The predicted octanol–water partition coefficient (Wildman–Crippen LogP) is 1.25. The molecule has 2 rings (SSSR count). The largest absolute Gasteiger partial charge is 0.480 e. The van der Waals surface area contributed by atoms with E-state index in [4.69, 9.17) is 5.11 Å². The highest BCUT2D eigenvalue weighted by atomic mass is 32.2. The van der Waals surface area contributed by atoms with E-state index in [9.17, 15) is 27.6 Å². The van der Waals surface area contributed by atoms with Gasteiger partial charge in [-0.1, -0.05) is 31.9 Å². The second-order valence-electron chi connectivity index (χ2n) is 7.64. The van der Waals surface area contributed by atoms with Crippen LogP contribution in [-0.2, 0) is 26.0 Å². The van der Waals surface area contributed by atoms with Crippen molar-refractivity contribution >= 4 is 33.7 Å². The molecule has 12 heteroatoms. The molecular formula is C23H28N4O7S. The summed E-state index contributed by atoms with van der Waals surface area (Å²) in [6, 6.07) is 8.32. The number of carbonyl (C=O) groups excluding carboxylic acids is 3. The Labute approximate surface area is 203 Å².